The number of likely N-dealkylation sites (tertiary alicyclic amines) is 1. The SMILES string of the molecule is CN1C=C(CC(=O)N2CCC3(CCn4nc(-c5cnc6ccccc6c5)cc43)C2)C=CC1. The number of rotatable bonds is 3. The largest absolute Gasteiger partial charge is 0.376 e. The zero-order chi connectivity index (χ0) is 21.7. The number of aromatic nitrogens is 3. The van der Waals surface area contributed by atoms with Crippen molar-refractivity contribution in [1.82, 2.24) is 24.6 Å². The lowest BCUT2D eigenvalue weighted by molar-refractivity contribution is -0.129. The monoisotopic (exact) mass is 425 g/mol. The molecule has 1 spiro atoms. The second-order valence-electron chi connectivity index (χ2n) is 9.37. The summed E-state index contributed by atoms with van der Waals surface area (Å²) in [4.78, 5) is 21.8. The summed E-state index contributed by atoms with van der Waals surface area (Å²) in [6, 6.07) is 12.6. The zero-order valence-corrected chi connectivity index (χ0v) is 18.4. The van der Waals surface area contributed by atoms with Crippen molar-refractivity contribution in [2.75, 3.05) is 26.7 Å². The summed E-state index contributed by atoms with van der Waals surface area (Å²) in [6.45, 7) is 3.43. The number of hydrogen-bond donors (Lipinski definition) is 0. The first kappa shape index (κ1) is 19.3. The molecule has 0 saturated carbocycles. The van der Waals surface area contributed by atoms with Crippen molar-refractivity contribution in [1.29, 1.82) is 0 Å². The lowest BCUT2D eigenvalue weighted by atomic mass is 9.82. The van der Waals surface area contributed by atoms with Gasteiger partial charge in [0.2, 0.25) is 5.91 Å². The molecule has 1 saturated heterocycles. The molecule has 3 aliphatic rings. The third-order valence-corrected chi connectivity index (χ3v) is 7.19. The predicted octanol–water partition coefficient (Wildman–Crippen LogP) is 3.75. The van der Waals surface area contributed by atoms with E-state index in [1.54, 1.807) is 0 Å². The Morgan fingerprint density at radius 2 is 2.03 bits per heavy atom. The number of fused-ring (bicyclic) bond motifs is 3. The quantitative estimate of drug-likeness (QED) is 0.641. The molecule has 0 N–H and O–H groups in total. The maximum atomic E-state index is 13.0. The number of amides is 1. The normalized spacial score (nSPS) is 22.1. The second-order valence-corrected chi connectivity index (χ2v) is 9.37. The molecule has 32 heavy (non-hydrogen) atoms. The van der Waals surface area contributed by atoms with Gasteiger partial charge in [-0.05, 0) is 36.6 Å². The Kier molecular flexibility index (Phi) is 4.42. The molecule has 1 aromatic carbocycles. The molecule has 3 aliphatic heterocycles. The van der Waals surface area contributed by atoms with Crippen LogP contribution >= 0.6 is 0 Å². The second kappa shape index (κ2) is 7.33. The molecule has 0 bridgehead atoms. The van der Waals surface area contributed by atoms with Gasteiger partial charge in [0.15, 0.2) is 0 Å². The van der Waals surface area contributed by atoms with Crippen LogP contribution in [-0.4, -0.2) is 57.2 Å². The Balaban J connectivity index is 1.23. The number of allylic oxidation sites excluding steroid dienone is 1. The number of pyridine rings is 1. The minimum absolute atomic E-state index is 0.0266. The maximum absolute atomic E-state index is 13.0. The number of nitrogens with zero attached hydrogens (tertiary/aromatic N) is 5. The number of carbonyl (C=O) groups excluding carboxylic acids is 1. The number of hydrogen-bond acceptors (Lipinski definition) is 4. The third kappa shape index (κ3) is 3.22. The highest BCUT2D eigenvalue weighted by atomic mass is 16.2. The molecule has 6 rings (SSSR count). The molecule has 5 heterocycles. The summed E-state index contributed by atoms with van der Waals surface area (Å²) in [5.74, 6) is 0.227. The highest BCUT2D eigenvalue weighted by Crippen LogP contribution is 2.44. The first-order valence-corrected chi connectivity index (χ1v) is 11.4. The predicted molar refractivity (Wildman–Crippen MR) is 125 cm³/mol. The van der Waals surface area contributed by atoms with Crippen LogP contribution in [0.2, 0.25) is 0 Å². The molecular weight excluding hydrogens is 398 g/mol. The van der Waals surface area contributed by atoms with Gasteiger partial charge in [-0.1, -0.05) is 30.4 Å². The minimum atomic E-state index is 0.0266. The van der Waals surface area contributed by atoms with Gasteiger partial charge in [0.05, 0.1) is 17.6 Å². The molecule has 1 amide bonds. The summed E-state index contributed by atoms with van der Waals surface area (Å²) >= 11 is 0. The summed E-state index contributed by atoms with van der Waals surface area (Å²) in [5.41, 5.74) is 5.41. The summed E-state index contributed by atoms with van der Waals surface area (Å²) in [6.07, 6.45) is 10.7. The lowest BCUT2D eigenvalue weighted by Crippen LogP contribution is -2.33. The Hall–Kier alpha value is -3.41. The minimum Gasteiger partial charge on any atom is -0.376 e. The van der Waals surface area contributed by atoms with Gasteiger partial charge in [0.1, 0.15) is 0 Å². The third-order valence-electron chi connectivity index (χ3n) is 7.19. The number of likely N-dealkylation sites (N-methyl/N-ethyl adjacent to an activating group) is 1. The van der Waals surface area contributed by atoms with Crippen LogP contribution in [0.5, 0.6) is 0 Å². The molecule has 2 aromatic heterocycles. The van der Waals surface area contributed by atoms with Crippen LogP contribution in [0.4, 0.5) is 0 Å². The molecule has 1 atom stereocenters. The van der Waals surface area contributed by atoms with Gasteiger partial charge in [-0.15, -0.1) is 0 Å². The molecule has 1 unspecified atom stereocenters. The van der Waals surface area contributed by atoms with Gasteiger partial charge in [0, 0.05) is 67.7 Å². The molecule has 162 valence electrons. The standard InChI is InChI=1S/C26H27N5O/c1-29-10-4-5-19(17-29)13-25(32)30-11-8-26(18-30)9-12-31-24(26)15-23(28-31)21-14-20-6-2-3-7-22(20)27-16-21/h2-7,14-17H,8-13,18H2,1H3. The zero-order valence-electron chi connectivity index (χ0n) is 18.4. The first-order chi connectivity index (χ1) is 15.6. The number of aryl methyl sites for hydroxylation is 1. The van der Waals surface area contributed by atoms with Crippen molar-refractivity contribution in [3.05, 3.63) is 72.2 Å². The topological polar surface area (TPSA) is 54.3 Å². The van der Waals surface area contributed by atoms with E-state index in [1.807, 2.05) is 31.4 Å². The lowest BCUT2D eigenvalue weighted by Gasteiger charge is -2.24. The van der Waals surface area contributed by atoms with Crippen molar-refractivity contribution in [2.24, 2.45) is 0 Å². The van der Waals surface area contributed by atoms with Crippen LogP contribution in [0.15, 0.2) is 66.5 Å². The first-order valence-electron chi connectivity index (χ1n) is 11.4. The van der Waals surface area contributed by atoms with Crippen LogP contribution in [0, 0.1) is 0 Å². The average Bonchev–Trinajstić information content (AvgIpc) is 3.50. The van der Waals surface area contributed by atoms with Crippen molar-refractivity contribution in [3.8, 4) is 11.3 Å². The van der Waals surface area contributed by atoms with E-state index in [2.05, 4.69) is 56.0 Å². The van der Waals surface area contributed by atoms with Crippen molar-refractivity contribution < 1.29 is 4.79 Å². The van der Waals surface area contributed by atoms with Crippen LogP contribution in [0.25, 0.3) is 22.2 Å². The van der Waals surface area contributed by atoms with Gasteiger partial charge in [-0.3, -0.25) is 14.5 Å². The fourth-order valence-electron chi connectivity index (χ4n) is 5.45. The van der Waals surface area contributed by atoms with E-state index in [1.165, 1.54) is 5.69 Å². The van der Waals surface area contributed by atoms with Gasteiger partial charge >= 0.3 is 0 Å². The van der Waals surface area contributed by atoms with Crippen LogP contribution < -0.4 is 0 Å². The van der Waals surface area contributed by atoms with E-state index in [9.17, 15) is 4.79 Å². The Morgan fingerprint density at radius 1 is 1.16 bits per heavy atom. The highest BCUT2D eigenvalue weighted by molar-refractivity contribution is 5.83. The molecule has 3 aromatic rings. The molecule has 1 fully saturated rings. The van der Waals surface area contributed by atoms with Gasteiger partial charge in [0.25, 0.3) is 0 Å². The van der Waals surface area contributed by atoms with Crippen LogP contribution in [-0.2, 0) is 16.8 Å². The fourth-order valence-corrected chi connectivity index (χ4v) is 5.45. The van der Waals surface area contributed by atoms with E-state index in [4.69, 9.17) is 5.10 Å². The molecule has 0 radical (unpaired) electrons. The molecule has 6 heteroatoms. The average molecular weight is 426 g/mol. The number of para-hydroxylation sites is 1. The highest BCUT2D eigenvalue weighted by Gasteiger charge is 2.46. The number of benzene rings is 1. The summed E-state index contributed by atoms with van der Waals surface area (Å²) < 4.78 is 2.15. The summed E-state index contributed by atoms with van der Waals surface area (Å²) in [5, 5.41) is 6.04. The van der Waals surface area contributed by atoms with E-state index >= 15 is 0 Å². The van der Waals surface area contributed by atoms with E-state index < -0.39 is 0 Å². The number of carbonyl (C=O) groups is 1. The van der Waals surface area contributed by atoms with Gasteiger partial charge < -0.3 is 9.80 Å². The van der Waals surface area contributed by atoms with Crippen molar-refractivity contribution in [3.63, 3.8) is 0 Å². The molecular formula is C26H27N5O. The maximum Gasteiger partial charge on any atom is 0.227 e. The fraction of sp³-hybridized carbons (Fsp3) is 0.346. The molecule has 6 nitrogen and oxygen atoms in total. The Bertz CT molecular complexity index is 1270. The smallest absolute Gasteiger partial charge is 0.227 e. The Labute approximate surface area is 187 Å². The summed E-state index contributed by atoms with van der Waals surface area (Å²) in [7, 11) is 2.04. The molecule has 0 aliphatic carbocycles. The van der Waals surface area contributed by atoms with Crippen molar-refractivity contribution in [2.45, 2.75) is 31.2 Å². The van der Waals surface area contributed by atoms with Crippen molar-refractivity contribution >= 4 is 16.8 Å². The Morgan fingerprint density at radius 3 is 2.94 bits per heavy atom. The van der Waals surface area contributed by atoms with Crippen LogP contribution in [0.1, 0.15) is 25.0 Å². The van der Waals surface area contributed by atoms with E-state index in [0.717, 1.165) is 66.8 Å². The van der Waals surface area contributed by atoms with Gasteiger partial charge in [-0.25, -0.2) is 0 Å². The van der Waals surface area contributed by atoms with E-state index in [-0.39, 0.29) is 11.3 Å². The van der Waals surface area contributed by atoms with Gasteiger partial charge in [-0.2, -0.15) is 5.10 Å². The van der Waals surface area contributed by atoms with Crippen LogP contribution in [0.3, 0.4) is 0 Å². The van der Waals surface area contributed by atoms with E-state index in [0.29, 0.717) is 6.42 Å².